The number of halogens is 1. The predicted molar refractivity (Wildman–Crippen MR) is 84.8 cm³/mol. The smallest absolute Gasteiger partial charge is 0.185 e. The van der Waals surface area contributed by atoms with E-state index in [1.807, 2.05) is 0 Å². The van der Waals surface area contributed by atoms with Gasteiger partial charge in [0, 0.05) is 12.1 Å². The van der Waals surface area contributed by atoms with Crippen LogP contribution in [0.5, 0.6) is 0 Å². The van der Waals surface area contributed by atoms with E-state index in [9.17, 15) is 0 Å². The Balaban J connectivity index is 0.00000256. The molecule has 0 spiro atoms. The zero-order chi connectivity index (χ0) is 12.2. The fraction of sp³-hybridized carbons (Fsp3) is 0.917. The van der Waals surface area contributed by atoms with Gasteiger partial charge in [0.2, 0.25) is 0 Å². The highest BCUT2D eigenvalue weighted by atomic mass is 127. The van der Waals surface area contributed by atoms with Crippen LogP contribution in [0.2, 0.25) is 0 Å². The molecule has 5 heteroatoms. The fourth-order valence-electron chi connectivity index (χ4n) is 2.33. The normalized spacial score (nSPS) is 21.7. The summed E-state index contributed by atoms with van der Waals surface area (Å²) in [7, 11) is 0. The Bertz CT molecular complexity index is 249. The van der Waals surface area contributed by atoms with Crippen LogP contribution in [0.3, 0.4) is 0 Å². The standard InChI is InChI=1S/C12H26N4.HI/c1-4-10-6-5-7-16(8-10)12(2,3)9-15-11(13)14;/h10H,4-9H2,1-3H3,(H4,13,14,15);1H. The SMILES string of the molecule is CCC1CCCN(C(C)(C)CN=C(N)N)C1.I. The van der Waals surface area contributed by atoms with Crippen LogP contribution in [-0.4, -0.2) is 36.0 Å². The number of piperidine rings is 1. The van der Waals surface area contributed by atoms with E-state index in [2.05, 4.69) is 30.7 Å². The molecule has 1 heterocycles. The molecule has 0 aromatic heterocycles. The van der Waals surface area contributed by atoms with E-state index < -0.39 is 0 Å². The molecular weight excluding hydrogens is 327 g/mol. The van der Waals surface area contributed by atoms with E-state index in [4.69, 9.17) is 11.5 Å². The molecule has 17 heavy (non-hydrogen) atoms. The van der Waals surface area contributed by atoms with E-state index in [1.165, 1.54) is 32.4 Å². The summed E-state index contributed by atoms with van der Waals surface area (Å²) in [6.07, 6.45) is 3.93. The molecule has 1 unspecified atom stereocenters. The zero-order valence-electron chi connectivity index (χ0n) is 11.3. The van der Waals surface area contributed by atoms with Gasteiger partial charge in [0.25, 0.3) is 0 Å². The topological polar surface area (TPSA) is 67.6 Å². The lowest BCUT2D eigenvalue weighted by Crippen LogP contribution is -2.51. The summed E-state index contributed by atoms with van der Waals surface area (Å²) in [6.45, 7) is 9.75. The van der Waals surface area contributed by atoms with Crippen LogP contribution in [0.4, 0.5) is 0 Å². The second-order valence-electron chi connectivity index (χ2n) is 5.42. The Morgan fingerprint density at radius 3 is 2.59 bits per heavy atom. The van der Waals surface area contributed by atoms with Gasteiger partial charge in [0.1, 0.15) is 0 Å². The number of hydrogen-bond donors (Lipinski definition) is 2. The zero-order valence-corrected chi connectivity index (χ0v) is 13.6. The molecular formula is C12H27IN4. The van der Waals surface area contributed by atoms with Crippen LogP contribution in [0, 0.1) is 5.92 Å². The minimum atomic E-state index is 0. The third-order valence-electron chi connectivity index (χ3n) is 3.60. The molecule has 1 atom stereocenters. The largest absolute Gasteiger partial charge is 0.370 e. The van der Waals surface area contributed by atoms with Crippen molar-refractivity contribution in [3.05, 3.63) is 0 Å². The van der Waals surface area contributed by atoms with Gasteiger partial charge >= 0.3 is 0 Å². The number of hydrogen-bond acceptors (Lipinski definition) is 2. The molecule has 4 nitrogen and oxygen atoms in total. The van der Waals surface area contributed by atoms with E-state index >= 15 is 0 Å². The summed E-state index contributed by atoms with van der Waals surface area (Å²) in [4.78, 5) is 6.68. The Morgan fingerprint density at radius 2 is 2.06 bits per heavy atom. The van der Waals surface area contributed by atoms with Crippen LogP contribution in [0.25, 0.3) is 0 Å². The molecule has 1 saturated heterocycles. The summed E-state index contributed by atoms with van der Waals surface area (Å²) in [5.41, 5.74) is 10.9. The first-order valence-electron chi connectivity index (χ1n) is 6.26. The van der Waals surface area contributed by atoms with Crippen molar-refractivity contribution in [1.82, 2.24) is 4.90 Å². The van der Waals surface area contributed by atoms with E-state index in [-0.39, 0.29) is 35.5 Å². The van der Waals surface area contributed by atoms with Crippen molar-refractivity contribution in [2.75, 3.05) is 19.6 Å². The molecule has 0 radical (unpaired) electrons. The molecule has 0 aliphatic carbocycles. The van der Waals surface area contributed by atoms with Crippen LogP contribution in [0.15, 0.2) is 4.99 Å². The maximum absolute atomic E-state index is 5.39. The first kappa shape index (κ1) is 17.0. The summed E-state index contributed by atoms with van der Waals surface area (Å²) >= 11 is 0. The van der Waals surface area contributed by atoms with Crippen molar-refractivity contribution in [2.24, 2.45) is 22.4 Å². The Morgan fingerprint density at radius 1 is 1.41 bits per heavy atom. The predicted octanol–water partition coefficient (Wildman–Crippen LogP) is 1.78. The number of nitrogens with two attached hydrogens (primary N) is 2. The van der Waals surface area contributed by atoms with Gasteiger partial charge in [-0.3, -0.25) is 9.89 Å². The second kappa shape index (κ2) is 7.41. The van der Waals surface area contributed by atoms with Gasteiger partial charge in [0.05, 0.1) is 6.54 Å². The average molecular weight is 354 g/mol. The molecule has 0 aromatic carbocycles. The van der Waals surface area contributed by atoms with Gasteiger partial charge in [-0.1, -0.05) is 13.3 Å². The number of aliphatic imine (C=N–C) groups is 1. The molecule has 0 amide bonds. The lowest BCUT2D eigenvalue weighted by molar-refractivity contribution is 0.0714. The molecule has 102 valence electrons. The van der Waals surface area contributed by atoms with E-state index in [1.54, 1.807) is 0 Å². The maximum atomic E-state index is 5.39. The van der Waals surface area contributed by atoms with Gasteiger partial charge < -0.3 is 11.5 Å². The Kier molecular flexibility index (Phi) is 7.39. The molecule has 0 bridgehead atoms. The molecule has 0 aromatic rings. The number of rotatable bonds is 4. The van der Waals surface area contributed by atoms with Crippen LogP contribution in [-0.2, 0) is 0 Å². The van der Waals surface area contributed by atoms with Crippen molar-refractivity contribution >= 4 is 29.9 Å². The van der Waals surface area contributed by atoms with Gasteiger partial charge in [0.15, 0.2) is 5.96 Å². The second-order valence-corrected chi connectivity index (χ2v) is 5.42. The minimum absolute atomic E-state index is 0. The lowest BCUT2D eigenvalue weighted by atomic mass is 9.91. The third-order valence-corrected chi connectivity index (χ3v) is 3.60. The van der Waals surface area contributed by atoms with E-state index in [0.29, 0.717) is 6.54 Å². The molecule has 0 saturated carbocycles. The highest BCUT2D eigenvalue weighted by molar-refractivity contribution is 14.0. The first-order chi connectivity index (χ1) is 7.45. The summed E-state index contributed by atoms with van der Waals surface area (Å²) < 4.78 is 0. The first-order valence-corrected chi connectivity index (χ1v) is 6.26. The molecule has 1 rings (SSSR count). The molecule has 1 fully saturated rings. The van der Waals surface area contributed by atoms with Gasteiger partial charge in [-0.05, 0) is 39.2 Å². The van der Waals surface area contributed by atoms with Crippen molar-refractivity contribution in [3.63, 3.8) is 0 Å². The molecule has 4 N–H and O–H groups in total. The summed E-state index contributed by atoms with van der Waals surface area (Å²) in [6, 6.07) is 0. The Hall–Kier alpha value is -0.0400. The summed E-state index contributed by atoms with van der Waals surface area (Å²) in [5, 5.41) is 0. The van der Waals surface area contributed by atoms with Crippen molar-refractivity contribution < 1.29 is 0 Å². The van der Waals surface area contributed by atoms with Gasteiger partial charge in [-0.25, -0.2) is 0 Å². The van der Waals surface area contributed by atoms with Crippen LogP contribution >= 0.6 is 24.0 Å². The van der Waals surface area contributed by atoms with Gasteiger partial charge in [-0.2, -0.15) is 0 Å². The number of likely N-dealkylation sites (tertiary alicyclic amines) is 1. The number of nitrogens with zero attached hydrogens (tertiary/aromatic N) is 2. The van der Waals surface area contributed by atoms with Crippen molar-refractivity contribution in [2.45, 2.75) is 45.6 Å². The molecule has 1 aliphatic rings. The highest BCUT2D eigenvalue weighted by Crippen LogP contribution is 2.25. The highest BCUT2D eigenvalue weighted by Gasteiger charge is 2.30. The van der Waals surface area contributed by atoms with Crippen LogP contribution in [0.1, 0.15) is 40.0 Å². The third kappa shape index (κ3) is 5.42. The van der Waals surface area contributed by atoms with Gasteiger partial charge in [-0.15, -0.1) is 24.0 Å². The molecule has 1 aliphatic heterocycles. The summed E-state index contributed by atoms with van der Waals surface area (Å²) in [5.74, 6) is 1.03. The lowest BCUT2D eigenvalue weighted by Gasteiger charge is -2.42. The van der Waals surface area contributed by atoms with Crippen molar-refractivity contribution in [1.29, 1.82) is 0 Å². The average Bonchev–Trinajstić information content (AvgIpc) is 2.27. The minimum Gasteiger partial charge on any atom is -0.370 e. The monoisotopic (exact) mass is 354 g/mol. The Labute approximate surface area is 122 Å². The quantitative estimate of drug-likeness (QED) is 0.459. The maximum Gasteiger partial charge on any atom is 0.185 e. The van der Waals surface area contributed by atoms with Crippen LogP contribution < -0.4 is 11.5 Å². The fourth-order valence-corrected chi connectivity index (χ4v) is 2.33. The van der Waals surface area contributed by atoms with E-state index in [0.717, 1.165) is 5.92 Å². The van der Waals surface area contributed by atoms with Crippen molar-refractivity contribution in [3.8, 4) is 0 Å². The number of guanidine groups is 1.